The first-order valence-electron chi connectivity index (χ1n) is 7.15. The van der Waals surface area contributed by atoms with Gasteiger partial charge in [-0.2, -0.15) is 0 Å². The first kappa shape index (κ1) is 13.3. The second-order valence-electron chi connectivity index (χ2n) is 5.25. The monoisotopic (exact) mass is 247 g/mol. The van der Waals surface area contributed by atoms with Crippen LogP contribution in [0.2, 0.25) is 0 Å². The van der Waals surface area contributed by atoms with E-state index in [-0.39, 0.29) is 0 Å². The number of hydrogen-bond acceptors (Lipinski definition) is 3. The van der Waals surface area contributed by atoms with Crippen molar-refractivity contribution in [3.8, 4) is 0 Å². The minimum Gasteiger partial charge on any atom is -0.356 e. The Bertz CT molecular complexity index is 395. The maximum atomic E-state index is 4.78. The highest BCUT2D eigenvalue weighted by Crippen LogP contribution is 2.25. The molecule has 0 aromatic carbocycles. The first-order chi connectivity index (χ1) is 8.72. The Labute approximate surface area is 111 Å². The molecule has 0 spiro atoms. The molecule has 2 heterocycles. The van der Waals surface area contributed by atoms with E-state index >= 15 is 0 Å². The summed E-state index contributed by atoms with van der Waals surface area (Å²) in [5.74, 6) is 1.22. The Balaban J connectivity index is 2.23. The van der Waals surface area contributed by atoms with Crippen LogP contribution in [0.25, 0.3) is 0 Å². The molecule has 0 atom stereocenters. The minimum absolute atomic E-state index is 0.943. The fourth-order valence-corrected chi connectivity index (χ4v) is 2.64. The van der Waals surface area contributed by atoms with E-state index in [1.807, 2.05) is 0 Å². The fraction of sp³-hybridized carbons (Fsp3) is 0.667. The third-order valence-corrected chi connectivity index (χ3v) is 3.59. The molecule has 100 valence electrons. The second-order valence-corrected chi connectivity index (χ2v) is 5.25. The van der Waals surface area contributed by atoms with Gasteiger partial charge in [0.1, 0.15) is 5.82 Å². The number of aromatic nitrogens is 1. The summed E-state index contributed by atoms with van der Waals surface area (Å²) in [7, 11) is 0. The van der Waals surface area contributed by atoms with Crippen molar-refractivity contribution in [1.29, 1.82) is 0 Å². The van der Waals surface area contributed by atoms with Crippen molar-refractivity contribution in [2.24, 2.45) is 0 Å². The Hall–Kier alpha value is -1.09. The number of nitrogens with zero attached hydrogens (tertiary/aromatic N) is 2. The van der Waals surface area contributed by atoms with Crippen LogP contribution in [0.3, 0.4) is 0 Å². The average molecular weight is 247 g/mol. The highest BCUT2D eigenvalue weighted by atomic mass is 15.2. The van der Waals surface area contributed by atoms with Gasteiger partial charge in [-0.1, -0.05) is 6.92 Å². The van der Waals surface area contributed by atoms with Crippen molar-refractivity contribution in [3.05, 3.63) is 22.9 Å². The van der Waals surface area contributed by atoms with Gasteiger partial charge in [0.15, 0.2) is 0 Å². The van der Waals surface area contributed by atoms with Crippen molar-refractivity contribution in [1.82, 2.24) is 10.3 Å². The largest absolute Gasteiger partial charge is 0.356 e. The molecule has 1 aromatic rings. The molecule has 2 rings (SSSR count). The van der Waals surface area contributed by atoms with Gasteiger partial charge in [0, 0.05) is 30.9 Å². The molecule has 1 aromatic heterocycles. The smallest absolute Gasteiger partial charge is 0.133 e. The predicted molar refractivity (Wildman–Crippen MR) is 77.2 cm³/mol. The maximum Gasteiger partial charge on any atom is 0.133 e. The van der Waals surface area contributed by atoms with Crippen LogP contribution in [0.5, 0.6) is 0 Å². The Kier molecular flexibility index (Phi) is 4.59. The molecule has 0 aliphatic carbocycles. The van der Waals surface area contributed by atoms with E-state index in [1.165, 1.54) is 36.2 Å². The van der Waals surface area contributed by atoms with Crippen LogP contribution >= 0.6 is 0 Å². The van der Waals surface area contributed by atoms with Crippen LogP contribution in [0.15, 0.2) is 6.07 Å². The molecule has 3 heteroatoms. The summed E-state index contributed by atoms with van der Waals surface area (Å²) in [4.78, 5) is 7.23. The predicted octanol–water partition coefficient (Wildman–Crippen LogP) is 2.80. The van der Waals surface area contributed by atoms with Crippen LogP contribution in [-0.2, 0) is 6.54 Å². The quantitative estimate of drug-likeness (QED) is 0.811. The van der Waals surface area contributed by atoms with Crippen molar-refractivity contribution in [3.63, 3.8) is 0 Å². The summed E-state index contributed by atoms with van der Waals surface area (Å²) in [5.41, 5.74) is 3.89. The lowest BCUT2D eigenvalue weighted by atomic mass is 10.1. The zero-order chi connectivity index (χ0) is 13.0. The van der Waals surface area contributed by atoms with E-state index in [4.69, 9.17) is 4.98 Å². The zero-order valence-corrected chi connectivity index (χ0v) is 11.9. The van der Waals surface area contributed by atoms with E-state index in [0.717, 1.165) is 31.9 Å². The van der Waals surface area contributed by atoms with E-state index < -0.39 is 0 Å². The van der Waals surface area contributed by atoms with Crippen molar-refractivity contribution >= 4 is 5.82 Å². The molecule has 0 unspecified atom stereocenters. The molecule has 3 nitrogen and oxygen atoms in total. The zero-order valence-electron chi connectivity index (χ0n) is 11.9. The molecule has 1 N–H and O–H groups in total. The summed E-state index contributed by atoms with van der Waals surface area (Å²) >= 11 is 0. The van der Waals surface area contributed by atoms with Crippen molar-refractivity contribution < 1.29 is 0 Å². The Morgan fingerprint density at radius 1 is 1.28 bits per heavy atom. The summed E-state index contributed by atoms with van der Waals surface area (Å²) in [6.45, 7) is 10.8. The fourth-order valence-electron chi connectivity index (χ4n) is 2.64. The second kappa shape index (κ2) is 6.19. The van der Waals surface area contributed by atoms with Crippen molar-refractivity contribution in [2.45, 2.75) is 46.6 Å². The third kappa shape index (κ3) is 3.02. The van der Waals surface area contributed by atoms with Gasteiger partial charge in [0.2, 0.25) is 0 Å². The van der Waals surface area contributed by atoms with Crippen LogP contribution in [-0.4, -0.2) is 24.6 Å². The van der Waals surface area contributed by atoms with Crippen LogP contribution in [0, 0.1) is 13.8 Å². The summed E-state index contributed by atoms with van der Waals surface area (Å²) in [6, 6.07) is 2.20. The number of hydrogen-bond donors (Lipinski definition) is 1. The van der Waals surface area contributed by atoms with Crippen molar-refractivity contribution in [2.75, 3.05) is 24.5 Å². The normalized spacial score (nSPS) is 15.4. The van der Waals surface area contributed by atoms with Crippen LogP contribution in [0.4, 0.5) is 5.82 Å². The third-order valence-electron chi connectivity index (χ3n) is 3.59. The molecule has 0 bridgehead atoms. The Morgan fingerprint density at radius 3 is 2.67 bits per heavy atom. The Morgan fingerprint density at radius 2 is 2.00 bits per heavy atom. The maximum absolute atomic E-state index is 4.78. The van der Waals surface area contributed by atoms with Gasteiger partial charge in [-0.3, -0.25) is 0 Å². The lowest BCUT2D eigenvalue weighted by Crippen LogP contribution is -2.24. The molecule has 1 fully saturated rings. The SMILES string of the molecule is CCCNCc1c(C)cc(C)nc1N1CCCC1. The molecular weight excluding hydrogens is 222 g/mol. The standard InChI is InChI=1S/C15H25N3/c1-4-7-16-11-14-12(2)10-13(3)17-15(14)18-8-5-6-9-18/h10,16H,4-9,11H2,1-3H3. The number of pyridine rings is 1. The molecule has 1 aliphatic rings. The molecule has 0 radical (unpaired) electrons. The number of rotatable bonds is 5. The lowest BCUT2D eigenvalue weighted by Gasteiger charge is -2.22. The number of aryl methyl sites for hydroxylation is 2. The lowest BCUT2D eigenvalue weighted by molar-refractivity contribution is 0.669. The number of nitrogens with one attached hydrogen (secondary N) is 1. The topological polar surface area (TPSA) is 28.2 Å². The van der Waals surface area contributed by atoms with E-state index in [0.29, 0.717) is 0 Å². The highest BCUT2D eigenvalue weighted by Gasteiger charge is 2.18. The highest BCUT2D eigenvalue weighted by molar-refractivity contribution is 5.52. The molecule has 0 saturated carbocycles. The first-order valence-corrected chi connectivity index (χ1v) is 7.15. The molecule has 0 amide bonds. The molecule has 1 saturated heterocycles. The minimum atomic E-state index is 0.943. The van der Waals surface area contributed by atoms with Gasteiger partial charge in [-0.25, -0.2) is 4.98 Å². The molecular formula is C15H25N3. The van der Waals surface area contributed by atoms with Gasteiger partial charge in [0.25, 0.3) is 0 Å². The van der Waals surface area contributed by atoms with Crippen LogP contribution < -0.4 is 10.2 Å². The van der Waals surface area contributed by atoms with E-state index in [2.05, 4.69) is 37.1 Å². The summed E-state index contributed by atoms with van der Waals surface area (Å²) in [6.07, 6.45) is 3.78. The van der Waals surface area contributed by atoms with Crippen LogP contribution in [0.1, 0.15) is 43.0 Å². The van der Waals surface area contributed by atoms with Gasteiger partial charge >= 0.3 is 0 Å². The van der Waals surface area contributed by atoms with Gasteiger partial charge in [0.05, 0.1) is 0 Å². The van der Waals surface area contributed by atoms with Gasteiger partial charge in [-0.05, 0) is 51.3 Å². The molecule has 1 aliphatic heterocycles. The van der Waals surface area contributed by atoms with E-state index in [9.17, 15) is 0 Å². The number of anilines is 1. The molecule has 18 heavy (non-hydrogen) atoms. The van der Waals surface area contributed by atoms with Gasteiger partial charge < -0.3 is 10.2 Å². The van der Waals surface area contributed by atoms with E-state index in [1.54, 1.807) is 0 Å². The average Bonchev–Trinajstić information content (AvgIpc) is 2.85. The summed E-state index contributed by atoms with van der Waals surface area (Å²) < 4.78 is 0. The summed E-state index contributed by atoms with van der Waals surface area (Å²) in [5, 5.41) is 3.51. The van der Waals surface area contributed by atoms with Gasteiger partial charge in [-0.15, -0.1) is 0 Å².